The molecule has 0 aromatic heterocycles. The zero-order valence-electron chi connectivity index (χ0n) is 5.66. The van der Waals surface area contributed by atoms with Gasteiger partial charge < -0.3 is 0 Å². The molecule has 1 fully saturated rings. The third-order valence-corrected chi connectivity index (χ3v) is 3.70. The van der Waals surface area contributed by atoms with Gasteiger partial charge in [0.1, 0.15) is 0 Å². The first-order valence-electron chi connectivity index (χ1n) is 2.97. The van der Waals surface area contributed by atoms with E-state index in [0.29, 0.717) is 6.10 Å². The average molecular weight is 194 g/mol. The van der Waals surface area contributed by atoms with Gasteiger partial charge in [0.2, 0.25) is 0 Å². The minimum absolute atomic E-state index is 0.332. The summed E-state index contributed by atoms with van der Waals surface area (Å²) in [7, 11) is 1.64. The fraction of sp³-hybridized carbons (Fsp3) is 1.00. The van der Waals surface area contributed by atoms with Crippen LogP contribution in [0.5, 0.6) is 0 Å². The van der Waals surface area contributed by atoms with Gasteiger partial charge in [0, 0.05) is 0 Å². The van der Waals surface area contributed by atoms with Crippen LogP contribution in [-0.2, 0) is 11.2 Å². The summed E-state index contributed by atoms with van der Waals surface area (Å²) in [6.07, 6.45) is 1.33. The molecule has 0 saturated carbocycles. The van der Waals surface area contributed by atoms with E-state index in [1.807, 2.05) is 6.92 Å². The zero-order valence-corrected chi connectivity index (χ0v) is 7.54. The summed E-state index contributed by atoms with van der Waals surface area (Å²) >= 11 is -1.72. The van der Waals surface area contributed by atoms with Crippen molar-refractivity contribution in [3.63, 3.8) is 0 Å². The van der Waals surface area contributed by atoms with Crippen molar-refractivity contribution in [3.05, 3.63) is 0 Å². The van der Waals surface area contributed by atoms with E-state index >= 15 is 0 Å². The molecule has 54 valence electrons. The topological polar surface area (TPSA) is 27.7 Å². The van der Waals surface area contributed by atoms with Crippen molar-refractivity contribution < 1.29 is 11.2 Å². The van der Waals surface area contributed by atoms with Crippen molar-refractivity contribution in [2.24, 2.45) is 0 Å². The van der Waals surface area contributed by atoms with Crippen molar-refractivity contribution >= 4 is 15.7 Å². The van der Waals surface area contributed by atoms with Crippen molar-refractivity contribution in [1.29, 1.82) is 0 Å². The van der Waals surface area contributed by atoms with Crippen molar-refractivity contribution in [2.45, 2.75) is 19.4 Å². The molecule has 3 nitrogen and oxygen atoms in total. The summed E-state index contributed by atoms with van der Waals surface area (Å²) in [4.78, 5) is 0. The summed E-state index contributed by atoms with van der Waals surface area (Å²) in [6, 6.07) is 0. The van der Waals surface area contributed by atoms with Crippen molar-refractivity contribution in [2.75, 3.05) is 13.7 Å². The molecular formula is C5H11AsO3. The Balaban J connectivity index is 2.23. The molecule has 0 amide bonds. The second-order valence-electron chi connectivity index (χ2n) is 1.94. The van der Waals surface area contributed by atoms with E-state index < -0.39 is 15.7 Å². The van der Waals surface area contributed by atoms with E-state index in [4.69, 9.17) is 11.2 Å². The minimum atomic E-state index is -1.72. The standard InChI is InChI=1S/C5H11AsO3/c1-5-3-4-8-6(7-2)9-5/h5H,3-4H2,1-2H3. The molecule has 0 aromatic rings. The second kappa shape index (κ2) is 3.57. The van der Waals surface area contributed by atoms with Crippen LogP contribution in [0.15, 0.2) is 0 Å². The van der Waals surface area contributed by atoms with E-state index in [0.717, 1.165) is 13.0 Å². The van der Waals surface area contributed by atoms with Crippen molar-refractivity contribution in [1.82, 2.24) is 0 Å². The van der Waals surface area contributed by atoms with Crippen LogP contribution in [0.3, 0.4) is 0 Å². The molecule has 1 aliphatic rings. The third kappa shape index (κ3) is 2.26. The third-order valence-electron chi connectivity index (χ3n) is 1.14. The molecule has 0 radical (unpaired) electrons. The normalized spacial score (nSPS) is 36.7. The van der Waals surface area contributed by atoms with Gasteiger partial charge in [-0.25, -0.2) is 0 Å². The van der Waals surface area contributed by atoms with Crippen LogP contribution in [0.4, 0.5) is 0 Å². The van der Waals surface area contributed by atoms with Crippen LogP contribution in [0.1, 0.15) is 13.3 Å². The molecule has 1 aliphatic heterocycles. The fourth-order valence-corrected chi connectivity index (χ4v) is 2.52. The van der Waals surface area contributed by atoms with Gasteiger partial charge in [0.05, 0.1) is 0 Å². The van der Waals surface area contributed by atoms with Crippen LogP contribution in [0.2, 0.25) is 0 Å². The maximum atomic E-state index is 5.34. The Morgan fingerprint density at radius 3 is 2.89 bits per heavy atom. The molecular weight excluding hydrogens is 183 g/mol. The van der Waals surface area contributed by atoms with Gasteiger partial charge in [-0.15, -0.1) is 0 Å². The van der Waals surface area contributed by atoms with E-state index in [1.165, 1.54) is 0 Å². The predicted octanol–water partition coefficient (Wildman–Crippen LogP) is 0.443. The first kappa shape index (κ1) is 7.54. The Bertz CT molecular complexity index is 88.3. The molecule has 1 saturated heterocycles. The second-order valence-corrected chi connectivity index (χ2v) is 4.63. The number of rotatable bonds is 1. The maximum absolute atomic E-state index is 5.34. The Labute approximate surface area is 60.6 Å². The molecule has 2 unspecified atom stereocenters. The summed E-state index contributed by atoms with van der Waals surface area (Å²) in [5.74, 6) is 0. The Morgan fingerprint density at radius 2 is 2.44 bits per heavy atom. The zero-order chi connectivity index (χ0) is 6.69. The fourth-order valence-electron chi connectivity index (χ4n) is 0.619. The van der Waals surface area contributed by atoms with E-state index in [9.17, 15) is 0 Å². The Morgan fingerprint density at radius 1 is 1.67 bits per heavy atom. The van der Waals surface area contributed by atoms with E-state index in [2.05, 4.69) is 0 Å². The van der Waals surface area contributed by atoms with Crippen LogP contribution < -0.4 is 0 Å². The summed E-state index contributed by atoms with van der Waals surface area (Å²) in [6.45, 7) is 2.85. The SMILES string of the molecule is CO[As]1OCCC(C)O1. The quantitative estimate of drug-likeness (QED) is 0.567. The molecule has 1 rings (SSSR count). The molecule has 0 spiro atoms. The van der Waals surface area contributed by atoms with Crippen LogP contribution >= 0.6 is 0 Å². The molecule has 4 heteroatoms. The van der Waals surface area contributed by atoms with Gasteiger partial charge in [0.25, 0.3) is 0 Å². The average Bonchev–Trinajstić information content (AvgIpc) is 1.88. The summed E-state index contributed by atoms with van der Waals surface area (Å²) < 4.78 is 15.5. The van der Waals surface area contributed by atoms with Gasteiger partial charge in [-0.3, -0.25) is 0 Å². The van der Waals surface area contributed by atoms with Crippen molar-refractivity contribution in [3.8, 4) is 0 Å². The molecule has 0 bridgehead atoms. The molecule has 0 aliphatic carbocycles. The van der Waals surface area contributed by atoms with Gasteiger partial charge in [-0.05, 0) is 0 Å². The van der Waals surface area contributed by atoms with Gasteiger partial charge in [0.15, 0.2) is 0 Å². The molecule has 0 N–H and O–H groups in total. The molecule has 1 heterocycles. The van der Waals surface area contributed by atoms with E-state index in [-0.39, 0.29) is 0 Å². The van der Waals surface area contributed by atoms with Gasteiger partial charge in [-0.1, -0.05) is 0 Å². The first-order chi connectivity index (χ1) is 4.33. The monoisotopic (exact) mass is 194 g/mol. The summed E-state index contributed by atoms with van der Waals surface area (Å²) in [5.41, 5.74) is 0. The number of hydrogen-bond donors (Lipinski definition) is 0. The molecule has 9 heavy (non-hydrogen) atoms. The Hall–Kier alpha value is 0.438. The van der Waals surface area contributed by atoms with Gasteiger partial charge >= 0.3 is 60.0 Å². The van der Waals surface area contributed by atoms with Gasteiger partial charge in [-0.2, -0.15) is 0 Å². The van der Waals surface area contributed by atoms with E-state index in [1.54, 1.807) is 7.11 Å². The number of hydrogen-bond acceptors (Lipinski definition) is 3. The summed E-state index contributed by atoms with van der Waals surface area (Å²) in [5, 5.41) is 0. The molecule has 2 atom stereocenters. The van der Waals surface area contributed by atoms with Crippen LogP contribution in [0.25, 0.3) is 0 Å². The van der Waals surface area contributed by atoms with Crippen LogP contribution in [0, 0.1) is 0 Å². The first-order valence-corrected chi connectivity index (χ1v) is 5.26. The predicted molar refractivity (Wildman–Crippen MR) is 33.9 cm³/mol. The Kier molecular flexibility index (Phi) is 2.99. The molecule has 0 aromatic carbocycles. The van der Waals surface area contributed by atoms with Crippen LogP contribution in [-0.4, -0.2) is 35.5 Å².